The van der Waals surface area contributed by atoms with Gasteiger partial charge in [0.2, 0.25) is 0 Å². The van der Waals surface area contributed by atoms with Gasteiger partial charge >= 0.3 is 6.03 Å². The van der Waals surface area contributed by atoms with Gasteiger partial charge < -0.3 is 10.6 Å². The predicted molar refractivity (Wildman–Crippen MR) is 51.1 cm³/mol. The second-order valence-corrected chi connectivity index (χ2v) is 2.91. The average Bonchev–Trinajstić information content (AvgIpc) is 1.98. The first-order valence-electron chi connectivity index (χ1n) is 4.35. The van der Waals surface area contributed by atoms with Crippen molar-refractivity contribution in [1.29, 1.82) is 0 Å². The molecule has 0 fully saturated rings. The van der Waals surface area contributed by atoms with Crippen LogP contribution in [0.3, 0.4) is 0 Å². The Morgan fingerprint density at radius 1 is 1.42 bits per heavy atom. The van der Waals surface area contributed by atoms with Gasteiger partial charge in [0.15, 0.2) is 0 Å². The quantitative estimate of drug-likeness (QED) is 0.617. The number of carbonyl (C=O) groups is 1. The molecule has 0 radical (unpaired) electrons. The van der Waals surface area contributed by atoms with Crippen molar-refractivity contribution in [3.05, 3.63) is 12.2 Å². The van der Waals surface area contributed by atoms with Gasteiger partial charge in [0.1, 0.15) is 0 Å². The summed E-state index contributed by atoms with van der Waals surface area (Å²) in [4.78, 5) is 10.8. The Kier molecular flexibility index (Phi) is 6.15. The molecule has 0 saturated heterocycles. The van der Waals surface area contributed by atoms with E-state index in [4.69, 9.17) is 0 Å². The van der Waals surface area contributed by atoms with Crippen LogP contribution in [0.5, 0.6) is 0 Å². The summed E-state index contributed by atoms with van der Waals surface area (Å²) in [6, 6.07) is -0.106. The number of nitrogens with one attached hydrogen (secondary N) is 2. The second-order valence-electron chi connectivity index (χ2n) is 2.91. The third kappa shape index (κ3) is 7.12. The van der Waals surface area contributed by atoms with Gasteiger partial charge in [0.05, 0.1) is 0 Å². The highest BCUT2D eigenvalue weighted by molar-refractivity contribution is 5.73. The van der Waals surface area contributed by atoms with E-state index in [0.29, 0.717) is 19.0 Å². The molecule has 0 unspecified atom stereocenters. The SMILES string of the molecule is CCNC(=O)NC/C=C/C(C)C. The zero-order chi connectivity index (χ0) is 9.40. The van der Waals surface area contributed by atoms with Gasteiger partial charge in [-0.25, -0.2) is 4.79 Å². The van der Waals surface area contributed by atoms with Crippen LogP contribution in [0, 0.1) is 5.92 Å². The molecule has 0 aromatic rings. The lowest BCUT2D eigenvalue weighted by Gasteiger charge is -2.02. The van der Waals surface area contributed by atoms with E-state index in [-0.39, 0.29) is 6.03 Å². The van der Waals surface area contributed by atoms with Crippen LogP contribution >= 0.6 is 0 Å². The number of carbonyl (C=O) groups excluding carboxylic acids is 1. The molecule has 0 aromatic carbocycles. The lowest BCUT2D eigenvalue weighted by atomic mass is 10.2. The van der Waals surface area contributed by atoms with Gasteiger partial charge in [0, 0.05) is 13.1 Å². The third-order valence-corrected chi connectivity index (χ3v) is 1.24. The van der Waals surface area contributed by atoms with Crippen molar-refractivity contribution < 1.29 is 4.79 Å². The van der Waals surface area contributed by atoms with E-state index in [1.807, 2.05) is 13.0 Å². The summed E-state index contributed by atoms with van der Waals surface area (Å²) in [7, 11) is 0. The molecular weight excluding hydrogens is 152 g/mol. The van der Waals surface area contributed by atoms with Gasteiger partial charge in [-0.2, -0.15) is 0 Å². The summed E-state index contributed by atoms with van der Waals surface area (Å²) in [5, 5.41) is 5.35. The molecule has 0 aromatic heterocycles. The Bertz CT molecular complexity index is 153. The minimum atomic E-state index is -0.106. The molecule has 12 heavy (non-hydrogen) atoms. The summed E-state index contributed by atoms with van der Waals surface area (Å²) in [5.41, 5.74) is 0. The molecule has 0 bridgehead atoms. The molecule has 0 atom stereocenters. The summed E-state index contributed by atoms with van der Waals surface area (Å²) >= 11 is 0. The first-order chi connectivity index (χ1) is 5.66. The maximum absolute atomic E-state index is 10.8. The molecule has 3 nitrogen and oxygen atoms in total. The molecule has 0 rings (SSSR count). The maximum Gasteiger partial charge on any atom is 0.315 e. The monoisotopic (exact) mass is 170 g/mol. The van der Waals surface area contributed by atoms with Crippen molar-refractivity contribution in [3.63, 3.8) is 0 Å². The average molecular weight is 170 g/mol. The zero-order valence-electron chi connectivity index (χ0n) is 8.05. The molecule has 0 aliphatic carbocycles. The highest BCUT2D eigenvalue weighted by Gasteiger charge is 1.92. The van der Waals surface area contributed by atoms with Crippen LogP contribution in [-0.2, 0) is 0 Å². The summed E-state index contributed by atoms with van der Waals surface area (Å²) in [5.74, 6) is 0.543. The van der Waals surface area contributed by atoms with Gasteiger partial charge in [0.25, 0.3) is 0 Å². The fraction of sp³-hybridized carbons (Fsp3) is 0.667. The molecule has 0 aliphatic heterocycles. The summed E-state index contributed by atoms with van der Waals surface area (Å²) < 4.78 is 0. The molecule has 2 amide bonds. The molecular formula is C9H18N2O. The van der Waals surface area contributed by atoms with Crippen molar-refractivity contribution >= 4 is 6.03 Å². The fourth-order valence-corrected chi connectivity index (χ4v) is 0.715. The highest BCUT2D eigenvalue weighted by Crippen LogP contribution is 1.91. The van der Waals surface area contributed by atoms with Crippen molar-refractivity contribution in [2.75, 3.05) is 13.1 Å². The van der Waals surface area contributed by atoms with E-state index in [1.165, 1.54) is 0 Å². The number of amides is 2. The van der Waals surface area contributed by atoms with Crippen LogP contribution in [0.1, 0.15) is 20.8 Å². The molecule has 0 heterocycles. The van der Waals surface area contributed by atoms with E-state index in [1.54, 1.807) is 0 Å². The standard InChI is InChI=1S/C9H18N2O/c1-4-10-9(12)11-7-5-6-8(2)3/h5-6,8H,4,7H2,1-3H3,(H2,10,11,12)/b6-5+. The molecule has 3 heteroatoms. The van der Waals surface area contributed by atoms with Crippen molar-refractivity contribution in [2.45, 2.75) is 20.8 Å². The second kappa shape index (κ2) is 6.70. The van der Waals surface area contributed by atoms with Crippen LogP contribution in [0.2, 0.25) is 0 Å². The molecule has 0 saturated carbocycles. The Morgan fingerprint density at radius 3 is 2.58 bits per heavy atom. The number of allylic oxidation sites excluding steroid dienone is 1. The van der Waals surface area contributed by atoms with Crippen molar-refractivity contribution in [3.8, 4) is 0 Å². The molecule has 70 valence electrons. The summed E-state index contributed by atoms with van der Waals surface area (Å²) in [6.45, 7) is 7.36. The van der Waals surface area contributed by atoms with Crippen LogP contribution in [0.25, 0.3) is 0 Å². The van der Waals surface area contributed by atoms with E-state index < -0.39 is 0 Å². The van der Waals surface area contributed by atoms with Crippen molar-refractivity contribution in [2.24, 2.45) is 5.92 Å². The minimum Gasteiger partial charge on any atom is -0.338 e. The van der Waals surface area contributed by atoms with Gasteiger partial charge in [-0.1, -0.05) is 26.0 Å². The highest BCUT2D eigenvalue weighted by atomic mass is 16.2. The van der Waals surface area contributed by atoms with Gasteiger partial charge in [-0.05, 0) is 12.8 Å². The Labute approximate surface area is 74.2 Å². The largest absolute Gasteiger partial charge is 0.338 e. The zero-order valence-corrected chi connectivity index (χ0v) is 8.05. The predicted octanol–water partition coefficient (Wildman–Crippen LogP) is 1.52. The van der Waals surface area contributed by atoms with Gasteiger partial charge in [-0.3, -0.25) is 0 Å². The van der Waals surface area contributed by atoms with Gasteiger partial charge in [-0.15, -0.1) is 0 Å². The number of hydrogen-bond acceptors (Lipinski definition) is 1. The third-order valence-electron chi connectivity index (χ3n) is 1.24. The van der Waals surface area contributed by atoms with Crippen LogP contribution in [-0.4, -0.2) is 19.1 Å². The van der Waals surface area contributed by atoms with Crippen LogP contribution < -0.4 is 10.6 Å². The fourth-order valence-electron chi connectivity index (χ4n) is 0.715. The number of rotatable bonds is 4. The number of urea groups is 1. The van der Waals surface area contributed by atoms with Crippen LogP contribution in [0.15, 0.2) is 12.2 Å². The van der Waals surface area contributed by atoms with Crippen molar-refractivity contribution in [1.82, 2.24) is 10.6 Å². The molecule has 0 aliphatic rings. The maximum atomic E-state index is 10.8. The minimum absolute atomic E-state index is 0.106. The normalized spacial score (nSPS) is 10.7. The Morgan fingerprint density at radius 2 is 2.08 bits per heavy atom. The lowest BCUT2D eigenvalue weighted by Crippen LogP contribution is -2.35. The number of hydrogen-bond donors (Lipinski definition) is 2. The Hall–Kier alpha value is -0.990. The topological polar surface area (TPSA) is 41.1 Å². The van der Waals surface area contributed by atoms with E-state index in [9.17, 15) is 4.79 Å². The molecule has 0 spiro atoms. The van der Waals surface area contributed by atoms with E-state index in [2.05, 4.69) is 30.6 Å². The lowest BCUT2D eigenvalue weighted by molar-refractivity contribution is 0.242. The smallest absolute Gasteiger partial charge is 0.315 e. The first-order valence-corrected chi connectivity index (χ1v) is 4.35. The first kappa shape index (κ1) is 11.0. The summed E-state index contributed by atoms with van der Waals surface area (Å²) in [6.07, 6.45) is 4.02. The van der Waals surface area contributed by atoms with E-state index >= 15 is 0 Å². The molecule has 2 N–H and O–H groups in total. The Balaban J connectivity index is 3.36. The van der Waals surface area contributed by atoms with Crippen LogP contribution in [0.4, 0.5) is 4.79 Å². The van der Waals surface area contributed by atoms with E-state index in [0.717, 1.165) is 0 Å².